The second kappa shape index (κ2) is 8.91. The standard InChI is InChI=1S/C25H31N5O3/c1-4-6-20(31)29-12-11-25(15-29)13-19(14-25)30-23(26)21(24(27)32)22(28-30)18-9-7-17(8-10-18)16(3)33-5-2/h7-10,16,19H,5,11-15,26H2,1-3H3,(H2,27,32). The van der Waals surface area contributed by atoms with Gasteiger partial charge in [0.15, 0.2) is 0 Å². The van der Waals surface area contributed by atoms with E-state index >= 15 is 0 Å². The van der Waals surface area contributed by atoms with Crippen molar-refractivity contribution in [1.29, 1.82) is 0 Å². The van der Waals surface area contributed by atoms with Gasteiger partial charge in [0, 0.05) is 25.3 Å². The third-order valence-corrected chi connectivity index (χ3v) is 6.90. The van der Waals surface area contributed by atoms with E-state index in [0.717, 1.165) is 36.9 Å². The van der Waals surface area contributed by atoms with Crippen LogP contribution in [-0.4, -0.2) is 46.2 Å². The molecular weight excluding hydrogens is 418 g/mol. The van der Waals surface area contributed by atoms with Crippen LogP contribution in [0.5, 0.6) is 0 Å². The minimum Gasteiger partial charge on any atom is -0.383 e. The molecule has 8 nitrogen and oxygen atoms in total. The third kappa shape index (κ3) is 4.21. The van der Waals surface area contributed by atoms with Gasteiger partial charge in [0.25, 0.3) is 11.8 Å². The predicted octanol–water partition coefficient (Wildman–Crippen LogP) is 2.91. The Morgan fingerprint density at radius 1 is 1.30 bits per heavy atom. The molecule has 1 saturated heterocycles. The highest BCUT2D eigenvalue weighted by atomic mass is 16.5. The zero-order valence-corrected chi connectivity index (χ0v) is 19.4. The molecule has 1 saturated carbocycles. The molecule has 2 amide bonds. The molecule has 1 unspecified atom stereocenters. The molecule has 8 heteroatoms. The summed E-state index contributed by atoms with van der Waals surface area (Å²) in [6.45, 7) is 7.69. The first kappa shape index (κ1) is 22.9. The Morgan fingerprint density at radius 2 is 2.00 bits per heavy atom. The summed E-state index contributed by atoms with van der Waals surface area (Å²) >= 11 is 0. The van der Waals surface area contributed by atoms with Gasteiger partial charge in [-0.25, -0.2) is 4.68 Å². The topological polar surface area (TPSA) is 116 Å². The van der Waals surface area contributed by atoms with Gasteiger partial charge in [-0.2, -0.15) is 5.10 Å². The zero-order chi connectivity index (χ0) is 23.8. The van der Waals surface area contributed by atoms with Crippen LogP contribution in [0.2, 0.25) is 0 Å². The molecule has 174 valence electrons. The van der Waals surface area contributed by atoms with Crippen molar-refractivity contribution in [2.45, 2.75) is 52.2 Å². The Balaban J connectivity index is 1.55. The molecular formula is C25H31N5O3. The number of benzene rings is 1. The molecule has 4 N–H and O–H groups in total. The lowest BCUT2D eigenvalue weighted by Crippen LogP contribution is -2.42. The summed E-state index contributed by atoms with van der Waals surface area (Å²) in [6.07, 6.45) is 2.63. The van der Waals surface area contributed by atoms with Crippen LogP contribution in [0.15, 0.2) is 24.3 Å². The van der Waals surface area contributed by atoms with Gasteiger partial charge in [-0.1, -0.05) is 30.2 Å². The molecule has 0 radical (unpaired) electrons. The number of rotatable bonds is 6. The number of carbonyl (C=O) groups excluding carboxylic acids is 2. The van der Waals surface area contributed by atoms with Crippen LogP contribution in [0.1, 0.15) is 68.1 Å². The first-order chi connectivity index (χ1) is 15.8. The Bertz CT molecular complexity index is 1120. The molecule has 33 heavy (non-hydrogen) atoms. The molecule has 1 atom stereocenters. The fraction of sp³-hybridized carbons (Fsp3) is 0.480. The van der Waals surface area contributed by atoms with Crippen molar-refractivity contribution in [2.75, 3.05) is 25.4 Å². The maximum absolute atomic E-state index is 12.3. The van der Waals surface area contributed by atoms with Crippen LogP contribution in [-0.2, 0) is 9.53 Å². The summed E-state index contributed by atoms with van der Waals surface area (Å²) in [6, 6.07) is 7.84. The van der Waals surface area contributed by atoms with Crippen molar-refractivity contribution in [2.24, 2.45) is 11.1 Å². The maximum Gasteiger partial charge on any atom is 0.298 e. The minimum atomic E-state index is -0.592. The van der Waals surface area contributed by atoms with Gasteiger partial charge in [-0.3, -0.25) is 9.59 Å². The fourth-order valence-corrected chi connectivity index (χ4v) is 5.17. The number of hydrogen-bond acceptors (Lipinski definition) is 5. The number of primary amides is 1. The lowest BCUT2D eigenvalue weighted by Gasteiger charge is -2.45. The molecule has 1 aliphatic heterocycles. The summed E-state index contributed by atoms with van der Waals surface area (Å²) < 4.78 is 7.39. The van der Waals surface area contributed by atoms with E-state index in [0.29, 0.717) is 24.7 Å². The monoisotopic (exact) mass is 449 g/mol. The number of nitrogen functional groups attached to an aromatic ring is 1. The normalized spacial score (nSPS) is 22.5. The van der Waals surface area contributed by atoms with Crippen LogP contribution in [0, 0.1) is 17.3 Å². The first-order valence-electron chi connectivity index (χ1n) is 11.4. The Labute approximate surface area is 194 Å². The molecule has 4 rings (SSSR count). The van der Waals surface area contributed by atoms with Gasteiger partial charge in [0.2, 0.25) is 0 Å². The number of aromatic nitrogens is 2. The zero-order valence-electron chi connectivity index (χ0n) is 19.4. The van der Waals surface area contributed by atoms with E-state index in [1.807, 2.05) is 43.0 Å². The highest BCUT2D eigenvalue weighted by Crippen LogP contribution is 2.54. The summed E-state index contributed by atoms with van der Waals surface area (Å²) in [7, 11) is 0. The molecule has 1 aromatic carbocycles. The molecule has 2 fully saturated rings. The Morgan fingerprint density at radius 3 is 2.61 bits per heavy atom. The minimum absolute atomic E-state index is 0.0189. The quantitative estimate of drug-likeness (QED) is 0.658. The van der Waals surface area contributed by atoms with Crippen molar-refractivity contribution >= 4 is 17.6 Å². The molecule has 1 spiro atoms. The van der Waals surface area contributed by atoms with E-state index in [1.54, 1.807) is 11.6 Å². The van der Waals surface area contributed by atoms with Gasteiger partial charge in [-0.05, 0) is 56.9 Å². The third-order valence-electron chi connectivity index (χ3n) is 6.90. The summed E-state index contributed by atoms with van der Waals surface area (Å²) in [4.78, 5) is 26.2. The van der Waals surface area contributed by atoms with Crippen molar-refractivity contribution in [1.82, 2.24) is 14.7 Å². The molecule has 1 aliphatic carbocycles. The summed E-state index contributed by atoms with van der Waals surface area (Å²) in [5.74, 6) is 4.89. The molecule has 2 aromatic rings. The van der Waals surface area contributed by atoms with Crippen LogP contribution in [0.4, 0.5) is 5.82 Å². The number of nitrogens with two attached hydrogens (primary N) is 2. The van der Waals surface area contributed by atoms with Gasteiger partial charge >= 0.3 is 0 Å². The van der Waals surface area contributed by atoms with Crippen molar-refractivity contribution < 1.29 is 14.3 Å². The Hall–Kier alpha value is -3.31. The van der Waals surface area contributed by atoms with E-state index in [-0.39, 0.29) is 29.0 Å². The van der Waals surface area contributed by atoms with Crippen molar-refractivity contribution in [3.8, 4) is 23.1 Å². The van der Waals surface area contributed by atoms with Gasteiger partial charge in [0.05, 0.1) is 12.1 Å². The second-order valence-electron chi connectivity index (χ2n) is 9.05. The molecule has 1 aromatic heterocycles. The van der Waals surface area contributed by atoms with E-state index in [9.17, 15) is 9.59 Å². The van der Waals surface area contributed by atoms with E-state index in [4.69, 9.17) is 21.3 Å². The van der Waals surface area contributed by atoms with Gasteiger partial charge in [-0.15, -0.1) is 0 Å². The van der Waals surface area contributed by atoms with Crippen molar-refractivity contribution in [3.63, 3.8) is 0 Å². The fourth-order valence-electron chi connectivity index (χ4n) is 5.17. The number of hydrogen-bond donors (Lipinski definition) is 2. The average molecular weight is 450 g/mol. The lowest BCUT2D eigenvalue weighted by atomic mass is 9.65. The van der Waals surface area contributed by atoms with Crippen LogP contribution >= 0.6 is 0 Å². The smallest absolute Gasteiger partial charge is 0.298 e. The molecule has 2 heterocycles. The number of amides is 2. The SMILES string of the molecule is CC#CC(=O)N1CCC2(CC(n3nc(-c4ccc(C(C)OCC)cc4)c(C(N)=O)c3N)C2)C1. The summed E-state index contributed by atoms with van der Waals surface area (Å²) in [5, 5.41) is 4.73. The van der Waals surface area contributed by atoms with E-state index in [2.05, 4.69) is 11.8 Å². The van der Waals surface area contributed by atoms with Crippen molar-refractivity contribution in [3.05, 3.63) is 35.4 Å². The number of nitrogens with zero attached hydrogens (tertiary/aromatic N) is 3. The average Bonchev–Trinajstić information content (AvgIpc) is 3.35. The highest BCUT2D eigenvalue weighted by molar-refractivity contribution is 6.03. The maximum atomic E-state index is 12.3. The number of carbonyl (C=O) groups is 2. The number of ether oxygens (including phenoxy) is 1. The number of anilines is 1. The lowest BCUT2D eigenvalue weighted by molar-refractivity contribution is -0.125. The molecule has 0 bridgehead atoms. The van der Waals surface area contributed by atoms with Gasteiger partial charge < -0.3 is 21.1 Å². The second-order valence-corrected chi connectivity index (χ2v) is 9.05. The van der Waals surface area contributed by atoms with Crippen LogP contribution in [0.25, 0.3) is 11.3 Å². The van der Waals surface area contributed by atoms with E-state index in [1.165, 1.54) is 0 Å². The largest absolute Gasteiger partial charge is 0.383 e. The number of likely N-dealkylation sites (tertiary alicyclic amines) is 1. The first-order valence-corrected chi connectivity index (χ1v) is 11.4. The summed E-state index contributed by atoms with van der Waals surface area (Å²) in [5.41, 5.74) is 14.7. The predicted molar refractivity (Wildman–Crippen MR) is 126 cm³/mol. The van der Waals surface area contributed by atoms with Crippen LogP contribution < -0.4 is 11.5 Å². The van der Waals surface area contributed by atoms with E-state index < -0.39 is 5.91 Å². The van der Waals surface area contributed by atoms with Crippen LogP contribution in [0.3, 0.4) is 0 Å². The molecule has 2 aliphatic rings. The highest BCUT2D eigenvalue weighted by Gasteiger charge is 2.51. The van der Waals surface area contributed by atoms with Gasteiger partial charge in [0.1, 0.15) is 17.1 Å². The Kier molecular flexibility index (Phi) is 6.17.